The molecular weight excluding hydrogens is 270 g/mol. The second-order valence-corrected chi connectivity index (χ2v) is 5.60. The number of amides is 1. The molecule has 0 bridgehead atoms. The smallest absolute Gasteiger partial charge is 0.308 e. The molecule has 21 heavy (non-hydrogen) atoms. The number of nitrogens with zero attached hydrogens (tertiary/aromatic N) is 3. The molecule has 0 aliphatic carbocycles. The first-order valence-electron chi connectivity index (χ1n) is 6.88. The van der Waals surface area contributed by atoms with E-state index < -0.39 is 11.9 Å². The van der Waals surface area contributed by atoms with Gasteiger partial charge < -0.3 is 10.0 Å². The van der Waals surface area contributed by atoms with Gasteiger partial charge in [0, 0.05) is 25.4 Å². The average molecular weight is 287 g/mol. The van der Waals surface area contributed by atoms with Gasteiger partial charge in [-0.3, -0.25) is 14.3 Å². The van der Waals surface area contributed by atoms with Gasteiger partial charge in [0.15, 0.2) is 0 Å². The normalized spacial score (nSPS) is 18.7. The molecule has 0 spiro atoms. The lowest BCUT2D eigenvalue weighted by atomic mass is 10.1. The molecule has 0 radical (unpaired) electrons. The van der Waals surface area contributed by atoms with Crippen molar-refractivity contribution in [3.8, 4) is 0 Å². The number of hydrogen-bond acceptors (Lipinski definition) is 3. The molecule has 1 aliphatic heterocycles. The van der Waals surface area contributed by atoms with E-state index in [1.165, 1.54) is 0 Å². The summed E-state index contributed by atoms with van der Waals surface area (Å²) < 4.78 is 1.79. The Balaban J connectivity index is 1.90. The summed E-state index contributed by atoms with van der Waals surface area (Å²) >= 11 is 0. The Labute approximate surface area is 122 Å². The largest absolute Gasteiger partial charge is 0.481 e. The van der Waals surface area contributed by atoms with Crippen molar-refractivity contribution in [3.05, 3.63) is 29.5 Å². The van der Waals surface area contributed by atoms with Crippen LogP contribution in [0, 0.1) is 12.8 Å². The number of carbonyl (C=O) groups excluding carboxylic acids is 1. The Kier molecular flexibility index (Phi) is 3.16. The summed E-state index contributed by atoms with van der Waals surface area (Å²) in [5.41, 5.74) is 2.96. The van der Waals surface area contributed by atoms with E-state index in [-0.39, 0.29) is 18.9 Å². The summed E-state index contributed by atoms with van der Waals surface area (Å²) in [7, 11) is 1.87. The number of aromatic nitrogens is 2. The molecule has 1 N–H and O–H groups in total. The Bertz CT molecular complexity index is 735. The Morgan fingerprint density at radius 2 is 2.24 bits per heavy atom. The number of carboxylic acid groups (broad SMARTS) is 1. The quantitative estimate of drug-likeness (QED) is 0.923. The molecule has 0 saturated carbocycles. The first kappa shape index (κ1) is 13.6. The first-order chi connectivity index (χ1) is 9.95. The van der Waals surface area contributed by atoms with Gasteiger partial charge in [-0.05, 0) is 19.1 Å². The second-order valence-electron chi connectivity index (χ2n) is 5.60. The fourth-order valence-electron chi connectivity index (χ4n) is 2.84. The van der Waals surface area contributed by atoms with Crippen molar-refractivity contribution in [2.45, 2.75) is 19.9 Å². The van der Waals surface area contributed by atoms with E-state index in [9.17, 15) is 9.59 Å². The molecule has 1 amide bonds. The van der Waals surface area contributed by atoms with Gasteiger partial charge in [-0.1, -0.05) is 11.6 Å². The van der Waals surface area contributed by atoms with Crippen molar-refractivity contribution < 1.29 is 14.7 Å². The summed E-state index contributed by atoms with van der Waals surface area (Å²) in [6.45, 7) is 2.64. The van der Waals surface area contributed by atoms with Gasteiger partial charge in [-0.25, -0.2) is 0 Å². The summed E-state index contributed by atoms with van der Waals surface area (Å²) in [4.78, 5) is 24.5. The maximum Gasteiger partial charge on any atom is 0.308 e. The minimum atomic E-state index is -0.910. The lowest BCUT2D eigenvalue weighted by Gasteiger charge is -2.14. The highest BCUT2D eigenvalue weighted by molar-refractivity contribution is 5.87. The molecule has 2 heterocycles. The summed E-state index contributed by atoms with van der Waals surface area (Å²) in [5.74, 6) is -1.63. The number of aliphatic carboxylic acids is 1. The SMILES string of the molecule is Cc1ccc2c(c1)c(CN1C[C@H](C(=O)O)CC1=O)nn2C. The fraction of sp³-hybridized carbons (Fsp3) is 0.400. The highest BCUT2D eigenvalue weighted by atomic mass is 16.4. The number of carboxylic acids is 1. The molecule has 6 nitrogen and oxygen atoms in total. The molecule has 1 fully saturated rings. The van der Waals surface area contributed by atoms with Crippen LogP contribution >= 0.6 is 0 Å². The monoisotopic (exact) mass is 287 g/mol. The van der Waals surface area contributed by atoms with E-state index in [2.05, 4.69) is 5.10 Å². The maximum atomic E-state index is 11.9. The highest BCUT2D eigenvalue weighted by Gasteiger charge is 2.34. The van der Waals surface area contributed by atoms with Crippen LogP contribution in [0.3, 0.4) is 0 Å². The van der Waals surface area contributed by atoms with Crippen LogP contribution in [0.5, 0.6) is 0 Å². The molecule has 1 atom stereocenters. The minimum absolute atomic E-state index is 0.0825. The van der Waals surface area contributed by atoms with Gasteiger partial charge >= 0.3 is 5.97 Å². The molecule has 0 unspecified atom stereocenters. The van der Waals surface area contributed by atoms with Crippen LogP contribution in [0.25, 0.3) is 10.9 Å². The van der Waals surface area contributed by atoms with Gasteiger partial charge in [-0.2, -0.15) is 5.10 Å². The van der Waals surface area contributed by atoms with Crippen molar-refractivity contribution in [2.75, 3.05) is 6.54 Å². The molecule has 1 aliphatic rings. The zero-order valence-corrected chi connectivity index (χ0v) is 12.0. The van der Waals surface area contributed by atoms with Gasteiger partial charge in [0.1, 0.15) is 0 Å². The minimum Gasteiger partial charge on any atom is -0.481 e. The van der Waals surface area contributed by atoms with Crippen LogP contribution in [0.15, 0.2) is 18.2 Å². The fourth-order valence-corrected chi connectivity index (χ4v) is 2.84. The highest BCUT2D eigenvalue weighted by Crippen LogP contribution is 2.24. The number of aryl methyl sites for hydroxylation is 2. The second kappa shape index (κ2) is 4.87. The average Bonchev–Trinajstić information content (AvgIpc) is 2.92. The van der Waals surface area contributed by atoms with E-state index in [0.717, 1.165) is 22.2 Å². The number of carbonyl (C=O) groups is 2. The van der Waals surface area contributed by atoms with Crippen molar-refractivity contribution in [2.24, 2.45) is 13.0 Å². The predicted molar refractivity (Wildman–Crippen MR) is 76.6 cm³/mol. The Morgan fingerprint density at radius 1 is 1.48 bits per heavy atom. The lowest BCUT2D eigenvalue weighted by Crippen LogP contribution is -2.26. The van der Waals surface area contributed by atoms with Gasteiger partial charge in [0.05, 0.1) is 23.7 Å². The molecular formula is C15H17N3O3. The summed E-state index contributed by atoms with van der Waals surface area (Å²) in [6.07, 6.45) is 0.0825. The molecule has 1 saturated heterocycles. The summed E-state index contributed by atoms with van der Waals surface area (Å²) in [6, 6.07) is 6.08. The molecule has 6 heteroatoms. The molecule has 2 aromatic rings. The van der Waals surface area contributed by atoms with Crippen molar-refractivity contribution in [3.63, 3.8) is 0 Å². The topological polar surface area (TPSA) is 75.4 Å². The van der Waals surface area contributed by atoms with Crippen molar-refractivity contribution in [1.82, 2.24) is 14.7 Å². The zero-order chi connectivity index (χ0) is 15.1. The van der Waals surface area contributed by atoms with Crippen molar-refractivity contribution >= 4 is 22.8 Å². The number of hydrogen-bond donors (Lipinski definition) is 1. The summed E-state index contributed by atoms with van der Waals surface area (Å²) in [5, 5.41) is 14.5. The molecule has 3 rings (SSSR count). The number of likely N-dealkylation sites (tertiary alicyclic amines) is 1. The van der Waals surface area contributed by atoms with Crippen LogP contribution in [-0.4, -0.2) is 38.2 Å². The third-order valence-corrected chi connectivity index (χ3v) is 3.99. The van der Waals surface area contributed by atoms with Gasteiger partial charge in [0.2, 0.25) is 5.91 Å². The Hall–Kier alpha value is -2.37. The first-order valence-corrected chi connectivity index (χ1v) is 6.88. The number of fused-ring (bicyclic) bond motifs is 1. The van der Waals surface area contributed by atoms with Crippen LogP contribution in [0.1, 0.15) is 17.7 Å². The third kappa shape index (κ3) is 2.37. The van der Waals surface area contributed by atoms with E-state index in [1.54, 1.807) is 9.58 Å². The van der Waals surface area contributed by atoms with Gasteiger partial charge in [0.25, 0.3) is 0 Å². The molecule has 110 valence electrons. The van der Waals surface area contributed by atoms with Gasteiger partial charge in [-0.15, -0.1) is 0 Å². The van der Waals surface area contributed by atoms with E-state index in [1.807, 2.05) is 32.2 Å². The van der Waals surface area contributed by atoms with Crippen LogP contribution in [0.4, 0.5) is 0 Å². The van der Waals surface area contributed by atoms with E-state index in [4.69, 9.17) is 5.11 Å². The van der Waals surface area contributed by atoms with Crippen LogP contribution in [-0.2, 0) is 23.2 Å². The standard InChI is InChI=1S/C15H17N3O3/c1-9-3-4-13-11(5-9)12(16-17(13)2)8-18-7-10(15(20)21)6-14(18)19/h3-5,10H,6-8H2,1-2H3,(H,20,21)/t10-/m1/s1. The molecule has 1 aromatic carbocycles. The predicted octanol–water partition coefficient (Wildman–Crippen LogP) is 1.31. The van der Waals surface area contributed by atoms with E-state index >= 15 is 0 Å². The van der Waals surface area contributed by atoms with Crippen LogP contribution < -0.4 is 0 Å². The third-order valence-electron chi connectivity index (χ3n) is 3.99. The zero-order valence-electron chi connectivity index (χ0n) is 12.0. The van der Waals surface area contributed by atoms with E-state index in [0.29, 0.717) is 6.54 Å². The number of rotatable bonds is 3. The van der Waals surface area contributed by atoms with Crippen LogP contribution in [0.2, 0.25) is 0 Å². The Morgan fingerprint density at radius 3 is 2.90 bits per heavy atom. The lowest BCUT2D eigenvalue weighted by molar-refractivity contribution is -0.141. The van der Waals surface area contributed by atoms with Crippen molar-refractivity contribution in [1.29, 1.82) is 0 Å². The number of benzene rings is 1. The molecule has 1 aromatic heterocycles. The maximum absolute atomic E-state index is 11.9.